The van der Waals surface area contributed by atoms with Gasteiger partial charge in [0.15, 0.2) is 0 Å². The lowest BCUT2D eigenvalue weighted by Crippen LogP contribution is -2.39. The van der Waals surface area contributed by atoms with Gasteiger partial charge in [0.1, 0.15) is 6.17 Å². The Hall–Kier alpha value is -0.660. The third-order valence-corrected chi connectivity index (χ3v) is 11.1. The Morgan fingerprint density at radius 3 is 0.745 bits per heavy atom. The average Bonchev–Trinajstić information content (AvgIpc) is 3.47. The van der Waals surface area contributed by atoms with Gasteiger partial charge in [-0.3, -0.25) is 0 Å². The summed E-state index contributed by atoms with van der Waals surface area (Å²) in [6, 6.07) is 0. The van der Waals surface area contributed by atoms with Crippen molar-refractivity contribution in [3.05, 3.63) is 12.4 Å². The van der Waals surface area contributed by atoms with Crippen molar-refractivity contribution in [2.45, 2.75) is 265 Å². The zero-order valence-corrected chi connectivity index (χ0v) is 33.2. The van der Waals surface area contributed by atoms with Crippen molar-refractivity contribution in [1.82, 2.24) is 9.80 Å². The minimum Gasteiger partial charge on any atom is -0.356 e. The normalized spacial score (nSPS) is 14.7. The van der Waals surface area contributed by atoms with E-state index in [-0.39, 0.29) is 0 Å². The molecule has 0 amide bonds. The summed E-state index contributed by atoms with van der Waals surface area (Å²) in [4.78, 5) is 5.46. The molecule has 0 fully saturated rings. The second-order valence-electron chi connectivity index (χ2n) is 15.7. The van der Waals surface area contributed by atoms with E-state index >= 15 is 0 Å². The number of hydrogen-bond acceptors (Lipinski definition) is 2. The Morgan fingerprint density at radius 2 is 0.489 bits per heavy atom. The summed E-state index contributed by atoms with van der Waals surface area (Å²) in [5, 5.41) is 0. The summed E-state index contributed by atoms with van der Waals surface area (Å²) in [7, 11) is 0. The summed E-state index contributed by atoms with van der Waals surface area (Å²) in [5.74, 6) is 0. The van der Waals surface area contributed by atoms with Crippen LogP contribution >= 0.6 is 0 Å². The summed E-state index contributed by atoms with van der Waals surface area (Å²) in [6.45, 7) is 9.49. The number of hydrogen-bond donors (Lipinski definition) is 0. The van der Waals surface area contributed by atoms with Crippen LogP contribution in [-0.2, 0) is 0 Å². The number of nitrogens with zero attached hydrogens (tertiary/aromatic N) is 2. The Bertz CT molecular complexity index is 615. The smallest absolute Gasteiger partial charge is 0.101 e. The fourth-order valence-electron chi connectivity index (χ4n) is 7.78. The molecule has 0 spiro atoms. The van der Waals surface area contributed by atoms with Crippen molar-refractivity contribution in [2.24, 2.45) is 0 Å². The zero-order valence-electron chi connectivity index (χ0n) is 33.2. The molecule has 280 valence electrons. The van der Waals surface area contributed by atoms with Crippen LogP contribution in [0.15, 0.2) is 12.4 Å². The van der Waals surface area contributed by atoms with Crippen LogP contribution in [-0.4, -0.2) is 29.1 Å². The highest BCUT2D eigenvalue weighted by molar-refractivity contribution is 4.97. The van der Waals surface area contributed by atoms with Crippen LogP contribution in [0, 0.1) is 0 Å². The van der Waals surface area contributed by atoms with Gasteiger partial charge < -0.3 is 9.80 Å². The first-order valence-electron chi connectivity index (χ1n) is 22.5. The number of rotatable bonds is 39. The zero-order chi connectivity index (χ0) is 33.7. The first-order valence-corrected chi connectivity index (χ1v) is 22.5. The van der Waals surface area contributed by atoms with Crippen molar-refractivity contribution >= 4 is 0 Å². The Kier molecular flexibility index (Phi) is 34.6. The van der Waals surface area contributed by atoms with Crippen LogP contribution in [0.4, 0.5) is 0 Å². The van der Waals surface area contributed by atoms with Gasteiger partial charge >= 0.3 is 0 Å². The second-order valence-corrected chi connectivity index (χ2v) is 15.7. The molecule has 2 nitrogen and oxygen atoms in total. The molecule has 0 saturated carbocycles. The molecule has 1 unspecified atom stereocenters. The van der Waals surface area contributed by atoms with Gasteiger partial charge in [-0.05, 0) is 25.7 Å². The standard InChI is InChI=1S/C45H90N2/c1-4-7-10-13-16-19-21-22-23-24-25-26-28-31-34-37-40-45-46(41-38-35-32-29-18-15-12-9-6-3)43-44-47(45)42-39-36-33-30-27-20-17-14-11-8-5-2/h43-45H,4-42H2,1-3H3. The highest BCUT2D eigenvalue weighted by atomic mass is 15.4. The fraction of sp³-hybridized carbons (Fsp3) is 0.956. The maximum absolute atomic E-state index is 2.73. The first-order chi connectivity index (χ1) is 23.3. The van der Waals surface area contributed by atoms with Crippen LogP contribution in [0.3, 0.4) is 0 Å². The Morgan fingerprint density at radius 1 is 0.277 bits per heavy atom. The lowest BCUT2D eigenvalue weighted by molar-refractivity contribution is 0.135. The molecular formula is C45H90N2. The molecule has 0 aromatic rings. The molecule has 0 saturated heterocycles. The molecule has 1 aliphatic rings. The van der Waals surface area contributed by atoms with E-state index in [1.54, 1.807) is 0 Å². The lowest BCUT2D eigenvalue weighted by atomic mass is 10.0. The van der Waals surface area contributed by atoms with Crippen molar-refractivity contribution in [3.63, 3.8) is 0 Å². The van der Waals surface area contributed by atoms with Crippen LogP contribution in [0.1, 0.15) is 258 Å². The van der Waals surface area contributed by atoms with E-state index in [9.17, 15) is 0 Å². The Labute approximate surface area is 299 Å². The third kappa shape index (κ3) is 28.8. The highest BCUT2D eigenvalue weighted by Gasteiger charge is 2.24. The fourth-order valence-corrected chi connectivity index (χ4v) is 7.78. The van der Waals surface area contributed by atoms with Gasteiger partial charge in [0, 0.05) is 25.5 Å². The van der Waals surface area contributed by atoms with Crippen LogP contribution < -0.4 is 0 Å². The van der Waals surface area contributed by atoms with Gasteiger partial charge in [0.05, 0.1) is 0 Å². The van der Waals surface area contributed by atoms with Crippen LogP contribution in [0.5, 0.6) is 0 Å². The topological polar surface area (TPSA) is 6.48 Å². The maximum Gasteiger partial charge on any atom is 0.101 e. The van der Waals surface area contributed by atoms with Crippen molar-refractivity contribution < 1.29 is 0 Å². The summed E-state index contributed by atoms with van der Waals surface area (Å²) < 4.78 is 0. The predicted octanol–water partition coefficient (Wildman–Crippen LogP) is 15.9. The average molecular weight is 659 g/mol. The quantitative estimate of drug-likeness (QED) is 0.0606. The van der Waals surface area contributed by atoms with Gasteiger partial charge in [-0.1, -0.05) is 233 Å². The summed E-state index contributed by atoms with van der Waals surface area (Å²) in [5.41, 5.74) is 0. The van der Waals surface area contributed by atoms with E-state index in [4.69, 9.17) is 0 Å². The third-order valence-electron chi connectivity index (χ3n) is 11.1. The number of unbranched alkanes of at least 4 members (excludes halogenated alkanes) is 33. The summed E-state index contributed by atoms with van der Waals surface area (Å²) in [6.07, 6.45) is 58.9. The second kappa shape index (κ2) is 36.6. The van der Waals surface area contributed by atoms with Gasteiger partial charge in [0.2, 0.25) is 0 Å². The molecule has 2 heteroatoms. The molecule has 1 aliphatic heterocycles. The molecule has 1 rings (SSSR count). The van der Waals surface area contributed by atoms with Crippen LogP contribution in [0.2, 0.25) is 0 Å². The monoisotopic (exact) mass is 659 g/mol. The molecule has 0 radical (unpaired) electrons. The molecular weight excluding hydrogens is 569 g/mol. The van der Waals surface area contributed by atoms with Gasteiger partial charge in [0.25, 0.3) is 0 Å². The van der Waals surface area contributed by atoms with Gasteiger partial charge in [-0.2, -0.15) is 0 Å². The molecule has 0 aromatic carbocycles. The predicted molar refractivity (Wildman–Crippen MR) is 214 cm³/mol. The van der Waals surface area contributed by atoms with E-state index in [0.29, 0.717) is 6.17 Å². The lowest BCUT2D eigenvalue weighted by Gasteiger charge is -2.33. The molecule has 0 N–H and O–H groups in total. The van der Waals surface area contributed by atoms with E-state index in [2.05, 4.69) is 43.0 Å². The van der Waals surface area contributed by atoms with E-state index in [0.717, 1.165) is 0 Å². The van der Waals surface area contributed by atoms with Crippen molar-refractivity contribution in [3.8, 4) is 0 Å². The SMILES string of the molecule is CCCCCCCCCCCCCCCCCCC1N(CCCCCCCCCCC)C=CN1CCCCCCCCCCCCC. The van der Waals surface area contributed by atoms with Gasteiger partial charge in [-0.15, -0.1) is 0 Å². The molecule has 0 aromatic heterocycles. The Balaban J connectivity index is 2.19. The van der Waals surface area contributed by atoms with E-state index < -0.39 is 0 Å². The van der Waals surface area contributed by atoms with Crippen molar-refractivity contribution in [2.75, 3.05) is 13.1 Å². The molecule has 1 atom stereocenters. The van der Waals surface area contributed by atoms with E-state index in [1.165, 1.54) is 251 Å². The molecule has 0 aliphatic carbocycles. The van der Waals surface area contributed by atoms with E-state index in [1.807, 2.05) is 0 Å². The van der Waals surface area contributed by atoms with Gasteiger partial charge in [-0.25, -0.2) is 0 Å². The summed E-state index contributed by atoms with van der Waals surface area (Å²) >= 11 is 0. The van der Waals surface area contributed by atoms with Crippen molar-refractivity contribution in [1.29, 1.82) is 0 Å². The van der Waals surface area contributed by atoms with Crippen LogP contribution in [0.25, 0.3) is 0 Å². The minimum atomic E-state index is 0.638. The largest absolute Gasteiger partial charge is 0.356 e. The molecule has 0 bridgehead atoms. The minimum absolute atomic E-state index is 0.638. The maximum atomic E-state index is 2.73. The molecule has 47 heavy (non-hydrogen) atoms. The highest BCUT2D eigenvalue weighted by Crippen LogP contribution is 2.24. The first kappa shape index (κ1) is 44.4. The molecule has 1 heterocycles.